The first kappa shape index (κ1) is 23.6. The van der Waals surface area contributed by atoms with Gasteiger partial charge in [0.1, 0.15) is 30.0 Å². The van der Waals surface area contributed by atoms with E-state index >= 15 is 0 Å². The molecule has 12 heteroatoms. The molecule has 4 aromatic rings. The number of aryl methyl sites for hydroxylation is 1. The Bertz CT molecular complexity index is 1450. The molecular formula is C23H24N6O6. The first-order chi connectivity index (χ1) is 16.9. The van der Waals surface area contributed by atoms with E-state index in [1.54, 1.807) is 43.5 Å². The van der Waals surface area contributed by atoms with E-state index in [9.17, 15) is 19.8 Å². The zero-order valence-electron chi connectivity index (χ0n) is 19.0. The SMILES string of the molecule is COc1ccc(OCC(O)Cn2c(NN=Cc3ccc(O)cc3)nc3c2c(=O)[nH]c(=O)n3C)cc1. The molecule has 0 aliphatic rings. The zero-order valence-corrected chi connectivity index (χ0v) is 19.0. The minimum absolute atomic E-state index is 0.0636. The maximum absolute atomic E-state index is 12.6. The van der Waals surface area contributed by atoms with Crippen molar-refractivity contribution < 1.29 is 19.7 Å². The minimum atomic E-state index is -1.02. The van der Waals surface area contributed by atoms with Crippen LogP contribution in [0.5, 0.6) is 17.2 Å². The number of H-pyrrole nitrogens is 1. The van der Waals surface area contributed by atoms with E-state index in [0.29, 0.717) is 17.1 Å². The van der Waals surface area contributed by atoms with Crippen LogP contribution in [-0.2, 0) is 13.6 Å². The van der Waals surface area contributed by atoms with Gasteiger partial charge in [-0.25, -0.2) is 10.2 Å². The van der Waals surface area contributed by atoms with E-state index in [0.717, 1.165) is 0 Å². The highest BCUT2D eigenvalue weighted by Crippen LogP contribution is 2.19. The molecule has 4 N–H and O–H groups in total. The second-order valence-electron chi connectivity index (χ2n) is 7.64. The van der Waals surface area contributed by atoms with Crippen molar-refractivity contribution in [2.24, 2.45) is 12.1 Å². The zero-order chi connectivity index (χ0) is 24.9. The Balaban J connectivity index is 1.58. The van der Waals surface area contributed by atoms with Crippen molar-refractivity contribution in [3.05, 3.63) is 74.9 Å². The minimum Gasteiger partial charge on any atom is -0.508 e. The number of imidazole rings is 1. The van der Waals surface area contributed by atoms with Gasteiger partial charge < -0.3 is 24.3 Å². The first-order valence-electron chi connectivity index (χ1n) is 10.6. The fourth-order valence-electron chi connectivity index (χ4n) is 3.35. The van der Waals surface area contributed by atoms with Gasteiger partial charge >= 0.3 is 5.69 Å². The van der Waals surface area contributed by atoms with Crippen LogP contribution in [0.1, 0.15) is 5.56 Å². The van der Waals surface area contributed by atoms with Crippen molar-refractivity contribution in [2.45, 2.75) is 12.6 Å². The maximum Gasteiger partial charge on any atom is 0.329 e. The maximum atomic E-state index is 12.6. The molecule has 0 saturated heterocycles. The van der Waals surface area contributed by atoms with Crippen LogP contribution in [0, 0.1) is 0 Å². The lowest BCUT2D eigenvalue weighted by atomic mass is 10.2. The average Bonchev–Trinajstić information content (AvgIpc) is 3.21. The van der Waals surface area contributed by atoms with Crippen molar-refractivity contribution in [3.63, 3.8) is 0 Å². The fraction of sp³-hybridized carbons (Fsp3) is 0.217. The lowest BCUT2D eigenvalue weighted by molar-refractivity contribution is 0.0938. The summed E-state index contributed by atoms with van der Waals surface area (Å²) < 4.78 is 13.4. The summed E-state index contributed by atoms with van der Waals surface area (Å²) in [5.74, 6) is 1.49. The molecule has 0 spiro atoms. The van der Waals surface area contributed by atoms with E-state index in [1.807, 2.05) is 0 Å². The molecule has 0 saturated carbocycles. The van der Waals surface area contributed by atoms with E-state index < -0.39 is 17.4 Å². The molecule has 0 aliphatic carbocycles. The number of fused-ring (bicyclic) bond motifs is 1. The molecule has 12 nitrogen and oxygen atoms in total. The van der Waals surface area contributed by atoms with E-state index in [1.165, 1.54) is 34.5 Å². The van der Waals surface area contributed by atoms with Gasteiger partial charge in [0.05, 0.1) is 19.9 Å². The number of hydrogen-bond donors (Lipinski definition) is 4. The molecule has 2 heterocycles. The number of rotatable bonds is 9. The lowest BCUT2D eigenvalue weighted by Crippen LogP contribution is -2.30. The van der Waals surface area contributed by atoms with Gasteiger partial charge in [0.2, 0.25) is 5.95 Å². The molecule has 0 aliphatic heterocycles. The number of methoxy groups -OCH3 is 1. The van der Waals surface area contributed by atoms with E-state index in [4.69, 9.17) is 9.47 Å². The summed E-state index contributed by atoms with van der Waals surface area (Å²) in [6, 6.07) is 13.3. The topological polar surface area (TPSA) is 156 Å². The number of phenols is 1. The third-order valence-electron chi connectivity index (χ3n) is 5.17. The predicted octanol–water partition coefficient (Wildman–Crippen LogP) is 1.02. The molecule has 0 fully saturated rings. The highest BCUT2D eigenvalue weighted by molar-refractivity contribution is 5.80. The Morgan fingerprint density at radius 2 is 1.83 bits per heavy atom. The number of hydrogen-bond acceptors (Lipinski definition) is 9. The van der Waals surface area contributed by atoms with Gasteiger partial charge in [0, 0.05) is 7.05 Å². The summed E-state index contributed by atoms with van der Waals surface area (Å²) >= 11 is 0. The molecule has 1 atom stereocenters. The molecule has 4 rings (SSSR count). The number of ether oxygens (including phenoxy) is 2. The van der Waals surface area contributed by atoms with Crippen LogP contribution in [0.25, 0.3) is 11.2 Å². The Morgan fingerprint density at radius 3 is 2.51 bits per heavy atom. The Morgan fingerprint density at radius 1 is 1.14 bits per heavy atom. The number of anilines is 1. The third-order valence-corrected chi connectivity index (χ3v) is 5.17. The fourth-order valence-corrected chi connectivity index (χ4v) is 3.35. The predicted molar refractivity (Wildman–Crippen MR) is 129 cm³/mol. The third kappa shape index (κ3) is 5.33. The summed E-state index contributed by atoms with van der Waals surface area (Å²) in [6.45, 7) is -0.128. The highest BCUT2D eigenvalue weighted by atomic mass is 16.5. The number of nitrogens with one attached hydrogen (secondary N) is 2. The van der Waals surface area contributed by atoms with Crippen molar-refractivity contribution in [2.75, 3.05) is 19.1 Å². The number of aromatic amines is 1. The number of phenolic OH excluding ortho intramolecular Hbond substituents is 1. The van der Waals surface area contributed by atoms with Crippen molar-refractivity contribution in [1.82, 2.24) is 19.1 Å². The Labute approximate surface area is 198 Å². The van der Waals surface area contributed by atoms with Crippen LogP contribution in [0.15, 0.2) is 63.2 Å². The van der Waals surface area contributed by atoms with Crippen molar-refractivity contribution >= 4 is 23.3 Å². The van der Waals surface area contributed by atoms with Gasteiger partial charge in [-0.15, -0.1) is 0 Å². The second kappa shape index (κ2) is 10.1. The van der Waals surface area contributed by atoms with Crippen LogP contribution >= 0.6 is 0 Å². The number of aliphatic hydroxyl groups is 1. The van der Waals surface area contributed by atoms with Gasteiger partial charge in [0.15, 0.2) is 11.2 Å². The summed E-state index contributed by atoms with van der Waals surface area (Å²) in [7, 11) is 3.04. The molecule has 1 unspecified atom stereocenters. The smallest absolute Gasteiger partial charge is 0.329 e. The summed E-state index contributed by atoms with van der Waals surface area (Å²) in [5, 5.41) is 24.2. The number of nitrogens with zero attached hydrogens (tertiary/aromatic N) is 4. The highest BCUT2D eigenvalue weighted by Gasteiger charge is 2.20. The largest absolute Gasteiger partial charge is 0.508 e. The van der Waals surface area contributed by atoms with Gasteiger partial charge in [0.25, 0.3) is 5.56 Å². The van der Waals surface area contributed by atoms with Crippen LogP contribution in [0.2, 0.25) is 0 Å². The first-order valence-corrected chi connectivity index (χ1v) is 10.6. The quantitative estimate of drug-likeness (QED) is 0.204. The van der Waals surface area contributed by atoms with Crippen LogP contribution in [-0.4, -0.2) is 55.4 Å². The van der Waals surface area contributed by atoms with Crippen molar-refractivity contribution in [1.29, 1.82) is 0 Å². The number of aromatic nitrogens is 4. The second-order valence-corrected chi connectivity index (χ2v) is 7.64. The monoisotopic (exact) mass is 480 g/mol. The molecule has 182 valence electrons. The summed E-state index contributed by atoms with van der Waals surface area (Å²) in [4.78, 5) is 31.2. The van der Waals surface area contributed by atoms with Gasteiger partial charge in [-0.3, -0.25) is 14.3 Å². The molecule has 2 aromatic heterocycles. The lowest BCUT2D eigenvalue weighted by Gasteiger charge is -2.15. The molecule has 2 aromatic carbocycles. The van der Waals surface area contributed by atoms with E-state index in [-0.39, 0.29) is 36.0 Å². The number of hydrazone groups is 1. The van der Waals surface area contributed by atoms with Crippen LogP contribution in [0.4, 0.5) is 5.95 Å². The molecule has 0 bridgehead atoms. The van der Waals surface area contributed by atoms with Crippen LogP contribution in [0.3, 0.4) is 0 Å². The summed E-state index contributed by atoms with van der Waals surface area (Å²) in [6.07, 6.45) is 0.475. The molecule has 0 amide bonds. The number of aliphatic hydroxyl groups excluding tert-OH is 1. The number of benzene rings is 2. The molecule has 0 radical (unpaired) electrons. The van der Waals surface area contributed by atoms with Crippen LogP contribution < -0.4 is 26.1 Å². The molecule has 35 heavy (non-hydrogen) atoms. The van der Waals surface area contributed by atoms with Gasteiger partial charge in [-0.2, -0.15) is 10.1 Å². The number of aromatic hydroxyl groups is 1. The van der Waals surface area contributed by atoms with Gasteiger partial charge in [-0.1, -0.05) is 0 Å². The Kier molecular flexibility index (Phi) is 6.83. The molecular weight excluding hydrogens is 456 g/mol. The van der Waals surface area contributed by atoms with E-state index in [2.05, 4.69) is 20.5 Å². The normalized spacial score (nSPS) is 12.2. The van der Waals surface area contributed by atoms with Crippen molar-refractivity contribution in [3.8, 4) is 17.2 Å². The Hall–Kier alpha value is -4.58. The summed E-state index contributed by atoms with van der Waals surface area (Å²) in [5.41, 5.74) is 2.43. The van der Waals surface area contributed by atoms with Gasteiger partial charge in [-0.05, 0) is 54.1 Å². The average molecular weight is 480 g/mol. The standard InChI is InChI=1S/C23H24N6O6/c1-28-20-19(21(32)26-23(28)33)29(12-16(31)13-35-18-9-7-17(34-2)8-10-18)22(25-20)27-24-11-14-3-5-15(30)6-4-14/h3-11,16,30-31H,12-13H2,1-2H3,(H,25,27)(H,26,32,33).